The summed E-state index contributed by atoms with van der Waals surface area (Å²) in [7, 11) is 3.56. The van der Waals surface area contributed by atoms with Crippen molar-refractivity contribution in [1.29, 1.82) is 0 Å². The Morgan fingerprint density at radius 3 is 2.83 bits per heavy atom. The first kappa shape index (κ1) is 20.1. The van der Waals surface area contributed by atoms with Gasteiger partial charge in [0, 0.05) is 46.2 Å². The minimum atomic E-state index is -0.0691. The first-order valence-electron chi connectivity index (χ1n) is 10.0. The number of piperidine rings is 1. The van der Waals surface area contributed by atoms with Crippen molar-refractivity contribution in [3.63, 3.8) is 0 Å². The molecule has 4 rings (SSSR count). The molecule has 1 aliphatic rings. The van der Waals surface area contributed by atoms with Gasteiger partial charge in [-0.2, -0.15) is 5.10 Å². The standard InChI is InChI=1S/C21H26N6O3/c1-14-18(21(28)27-9-6-16(29-3)7-10-27)19(25-30-14)17-13-24-26(2)20(17)23-12-15-5-4-8-22-11-15/h4-5,8,11,13,16,23H,6-7,9-10,12H2,1-3H3. The third kappa shape index (κ3) is 3.93. The average molecular weight is 410 g/mol. The second kappa shape index (κ2) is 8.66. The molecule has 0 unspecified atom stereocenters. The highest BCUT2D eigenvalue weighted by Crippen LogP contribution is 2.32. The van der Waals surface area contributed by atoms with Crippen LogP contribution in [0.3, 0.4) is 0 Å². The van der Waals surface area contributed by atoms with Crippen LogP contribution in [-0.4, -0.2) is 57.0 Å². The van der Waals surface area contributed by atoms with Crippen LogP contribution in [0.5, 0.6) is 0 Å². The van der Waals surface area contributed by atoms with Crippen LogP contribution in [0.15, 0.2) is 35.2 Å². The lowest BCUT2D eigenvalue weighted by molar-refractivity contribution is 0.0350. The molecule has 4 heterocycles. The molecular formula is C21H26N6O3. The maximum absolute atomic E-state index is 13.3. The largest absolute Gasteiger partial charge is 0.381 e. The predicted octanol–water partition coefficient (Wildman–Crippen LogP) is 2.64. The molecule has 9 heteroatoms. The third-order valence-electron chi connectivity index (χ3n) is 5.52. The number of rotatable bonds is 6. The van der Waals surface area contributed by atoms with E-state index in [9.17, 15) is 4.79 Å². The molecule has 0 saturated carbocycles. The maximum Gasteiger partial charge on any atom is 0.259 e. The van der Waals surface area contributed by atoms with Crippen molar-refractivity contribution >= 4 is 11.7 Å². The number of methoxy groups -OCH3 is 1. The molecule has 1 amide bonds. The molecule has 0 bridgehead atoms. The molecule has 0 spiro atoms. The lowest BCUT2D eigenvalue weighted by Crippen LogP contribution is -2.40. The van der Waals surface area contributed by atoms with Crippen molar-refractivity contribution in [1.82, 2.24) is 24.8 Å². The number of hydrogen-bond donors (Lipinski definition) is 1. The van der Waals surface area contributed by atoms with Gasteiger partial charge >= 0.3 is 0 Å². The van der Waals surface area contributed by atoms with Crippen molar-refractivity contribution in [2.75, 3.05) is 25.5 Å². The topological polar surface area (TPSA) is 98.3 Å². The van der Waals surface area contributed by atoms with E-state index in [1.165, 1.54) is 0 Å². The summed E-state index contributed by atoms with van der Waals surface area (Å²) < 4.78 is 12.6. The van der Waals surface area contributed by atoms with E-state index in [0.717, 1.165) is 29.8 Å². The Hall–Kier alpha value is -3.20. The lowest BCUT2D eigenvalue weighted by Gasteiger charge is -2.31. The number of amides is 1. The quantitative estimate of drug-likeness (QED) is 0.667. The molecule has 0 aliphatic carbocycles. The molecule has 9 nitrogen and oxygen atoms in total. The highest BCUT2D eigenvalue weighted by molar-refractivity contribution is 6.01. The second-order valence-corrected chi connectivity index (χ2v) is 7.43. The first-order valence-corrected chi connectivity index (χ1v) is 10.0. The number of hydrogen-bond acceptors (Lipinski definition) is 7. The van der Waals surface area contributed by atoms with Gasteiger partial charge in [-0.25, -0.2) is 0 Å². The first-order chi connectivity index (χ1) is 14.6. The van der Waals surface area contributed by atoms with Crippen LogP contribution in [0.1, 0.15) is 34.5 Å². The zero-order valence-corrected chi connectivity index (χ0v) is 17.5. The number of aromatic nitrogens is 4. The summed E-state index contributed by atoms with van der Waals surface area (Å²) in [5, 5.41) is 12.0. The van der Waals surface area contributed by atoms with E-state index in [-0.39, 0.29) is 12.0 Å². The van der Waals surface area contributed by atoms with Crippen molar-refractivity contribution in [3.05, 3.63) is 47.6 Å². The number of ether oxygens (including phenoxy) is 1. The third-order valence-corrected chi connectivity index (χ3v) is 5.52. The minimum Gasteiger partial charge on any atom is -0.381 e. The molecular weight excluding hydrogens is 384 g/mol. The fourth-order valence-corrected chi connectivity index (χ4v) is 3.77. The van der Waals surface area contributed by atoms with Gasteiger partial charge in [0.15, 0.2) is 0 Å². The molecule has 0 radical (unpaired) electrons. The van der Waals surface area contributed by atoms with Crippen molar-refractivity contribution in [2.45, 2.75) is 32.4 Å². The van der Waals surface area contributed by atoms with E-state index in [0.29, 0.717) is 36.7 Å². The molecule has 30 heavy (non-hydrogen) atoms. The van der Waals surface area contributed by atoms with E-state index in [4.69, 9.17) is 9.26 Å². The van der Waals surface area contributed by atoms with Gasteiger partial charge in [0.2, 0.25) is 0 Å². The van der Waals surface area contributed by atoms with Gasteiger partial charge in [-0.05, 0) is 31.4 Å². The van der Waals surface area contributed by atoms with Crippen molar-refractivity contribution in [3.8, 4) is 11.3 Å². The second-order valence-electron chi connectivity index (χ2n) is 7.43. The molecule has 1 fully saturated rings. The van der Waals surface area contributed by atoms with Gasteiger partial charge in [-0.1, -0.05) is 11.2 Å². The van der Waals surface area contributed by atoms with Crippen molar-refractivity contribution in [2.24, 2.45) is 7.05 Å². The van der Waals surface area contributed by atoms with Crippen LogP contribution in [0.25, 0.3) is 11.3 Å². The summed E-state index contributed by atoms with van der Waals surface area (Å²) in [6.07, 6.45) is 7.11. The van der Waals surface area contributed by atoms with E-state index in [2.05, 4.69) is 20.6 Å². The van der Waals surface area contributed by atoms with Crippen LogP contribution in [0.4, 0.5) is 5.82 Å². The molecule has 1 aliphatic heterocycles. The number of aryl methyl sites for hydroxylation is 2. The Morgan fingerprint density at radius 2 is 2.13 bits per heavy atom. The predicted molar refractivity (Wildman–Crippen MR) is 111 cm³/mol. The Labute approximate surface area is 175 Å². The number of nitrogens with one attached hydrogen (secondary N) is 1. The number of carbonyl (C=O) groups excluding carboxylic acids is 1. The summed E-state index contributed by atoms with van der Waals surface area (Å²) >= 11 is 0. The highest BCUT2D eigenvalue weighted by atomic mass is 16.5. The number of likely N-dealkylation sites (tertiary alicyclic amines) is 1. The van der Waals surface area contributed by atoms with Gasteiger partial charge in [0.1, 0.15) is 22.8 Å². The number of nitrogens with zero attached hydrogens (tertiary/aromatic N) is 5. The molecule has 0 aromatic carbocycles. The Balaban J connectivity index is 1.59. The fraction of sp³-hybridized carbons (Fsp3) is 0.429. The molecule has 3 aromatic heterocycles. The van der Waals surface area contributed by atoms with Crippen LogP contribution < -0.4 is 5.32 Å². The normalized spacial score (nSPS) is 14.8. The highest BCUT2D eigenvalue weighted by Gasteiger charge is 2.30. The van der Waals surface area contributed by atoms with Gasteiger partial charge in [-0.3, -0.25) is 14.5 Å². The van der Waals surface area contributed by atoms with E-state index >= 15 is 0 Å². The van der Waals surface area contributed by atoms with Crippen LogP contribution in [-0.2, 0) is 18.3 Å². The monoisotopic (exact) mass is 410 g/mol. The van der Waals surface area contributed by atoms with E-state index in [1.54, 1.807) is 31.1 Å². The van der Waals surface area contributed by atoms with E-state index in [1.807, 2.05) is 30.3 Å². The molecule has 158 valence electrons. The van der Waals surface area contributed by atoms with Gasteiger partial charge < -0.3 is 19.5 Å². The van der Waals surface area contributed by atoms with E-state index < -0.39 is 0 Å². The Morgan fingerprint density at radius 1 is 1.33 bits per heavy atom. The van der Waals surface area contributed by atoms with Crippen LogP contribution in [0, 0.1) is 6.92 Å². The number of anilines is 1. The minimum absolute atomic E-state index is 0.0691. The molecule has 3 aromatic rings. The van der Waals surface area contributed by atoms with Crippen LogP contribution in [0.2, 0.25) is 0 Å². The van der Waals surface area contributed by atoms with Gasteiger partial charge in [0.25, 0.3) is 5.91 Å². The summed E-state index contributed by atoms with van der Waals surface area (Å²) in [5.41, 5.74) is 2.77. The summed E-state index contributed by atoms with van der Waals surface area (Å²) in [5.74, 6) is 1.20. The Kier molecular flexibility index (Phi) is 5.80. The lowest BCUT2D eigenvalue weighted by atomic mass is 10.0. The van der Waals surface area contributed by atoms with Gasteiger partial charge in [0.05, 0.1) is 17.9 Å². The van der Waals surface area contributed by atoms with Crippen molar-refractivity contribution < 1.29 is 14.1 Å². The molecule has 1 saturated heterocycles. The Bertz CT molecular complexity index is 1010. The summed E-state index contributed by atoms with van der Waals surface area (Å²) in [6, 6.07) is 3.89. The summed E-state index contributed by atoms with van der Waals surface area (Å²) in [4.78, 5) is 19.3. The van der Waals surface area contributed by atoms with Gasteiger partial charge in [-0.15, -0.1) is 0 Å². The maximum atomic E-state index is 13.3. The average Bonchev–Trinajstić information content (AvgIpc) is 3.34. The zero-order chi connectivity index (χ0) is 21.1. The molecule has 0 atom stereocenters. The SMILES string of the molecule is COC1CCN(C(=O)c2c(-c3cnn(C)c3NCc3cccnc3)noc2C)CC1. The van der Waals surface area contributed by atoms with Crippen LogP contribution >= 0.6 is 0 Å². The number of pyridine rings is 1. The molecule has 1 N–H and O–H groups in total. The summed E-state index contributed by atoms with van der Waals surface area (Å²) in [6.45, 7) is 3.65. The zero-order valence-electron chi connectivity index (χ0n) is 17.5. The fourth-order valence-electron chi connectivity index (χ4n) is 3.77. The smallest absolute Gasteiger partial charge is 0.259 e. The number of carbonyl (C=O) groups is 1.